The number of anilines is 3. The number of thiazole rings is 1. The first-order valence-corrected chi connectivity index (χ1v) is 9.42. The highest BCUT2D eigenvalue weighted by Gasteiger charge is 2.22. The summed E-state index contributed by atoms with van der Waals surface area (Å²) in [5.41, 5.74) is 6.30. The molecule has 0 radical (unpaired) electrons. The van der Waals surface area contributed by atoms with E-state index in [0.29, 0.717) is 11.5 Å². The fraction of sp³-hybridized carbons (Fsp3) is 0.158. The average molecular weight is 380 g/mol. The molecule has 2 aliphatic heterocycles. The van der Waals surface area contributed by atoms with E-state index in [1.54, 1.807) is 11.3 Å². The number of rotatable bonds is 4. The van der Waals surface area contributed by atoms with Crippen molar-refractivity contribution in [3.63, 3.8) is 0 Å². The Kier molecular flexibility index (Phi) is 3.83. The van der Waals surface area contributed by atoms with Crippen molar-refractivity contribution < 1.29 is 14.3 Å². The Morgan fingerprint density at radius 2 is 2.04 bits per heavy atom. The molecule has 2 aromatic carbocycles. The van der Waals surface area contributed by atoms with Crippen molar-refractivity contribution in [1.82, 2.24) is 4.98 Å². The van der Waals surface area contributed by atoms with Crippen molar-refractivity contribution in [1.29, 1.82) is 0 Å². The van der Waals surface area contributed by atoms with E-state index in [-0.39, 0.29) is 25.3 Å². The number of hydrogen-bond donors (Lipinski definition) is 3. The molecule has 0 saturated heterocycles. The Bertz CT molecular complexity index is 1010. The predicted octanol–water partition coefficient (Wildman–Crippen LogP) is 3.59. The predicted molar refractivity (Wildman–Crippen MR) is 103 cm³/mol. The van der Waals surface area contributed by atoms with Gasteiger partial charge in [0.15, 0.2) is 11.5 Å². The van der Waals surface area contributed by atoms with Gasteiger partial charge in [0, 0.05) is 11.1 Å². The average Bonchev–Trinajstić information content (AvgIpc) is 3.40. The summed E-state index contributed by atoms with van der Waals surface area (Å²) < 4.78 is 10.6. The molecule has 3 heterocycles. The second kappa shape index (κ2) is 6.48. The van der Waals surface area contributed by atoms with Gasteiger partial charge in [0.05, 0.1) is 29.0 Å². The quantitative estimate of drug-likeness (QED) is 0.641. The van der Waals surface area contributed by atoms with E-state index in [9.17, 15) is 4.79 Å². The zero-order valence-electron chi connectivity index (χ0n) is 14.2. The van der Waals surface area contributed by atoms with Gasteiger partial charge < -0.3 is 25.4 Å². The summed E-state index contributed by atoms with van der Waals surface area (Å²) in [5.74, 6) is 1.31. The Balaban J connectivity index is 1.25. The molecule has 0 fully saturated rings. The number of ether oxygens (including phenoxy) is 2. The smallest absolute Gasteiger partial charge is 0.231 e. The van der Waals surface area contributed by atoms with Gasteiger partial charge in [-0.2, -0.15) is 0 Å². The normalized spacial score (nSPS) is 16.4. The third-order valence-electron chi connectivity index (χ3n) is 4.45. The van der Waals surface area contributed by atoms with Gasteiger partial charge in [0.2, 0.25) is 12.7 Å². The van der Waals surface area contributed by atoms with E-state index in [1.165, 1.54) is 0 Å². The van der Waals surface area contributed by atoms with Crippen molar-refractivity contribution in [2.75, 3.05) is 22.7 Å². The van der Waals surface area contributed by atoms with Crippen LogP contribution in [0.1, 0.15) is 17.4 Å². The zero-order valence-corrected chi connectivity index (χ0v) is 15.0. The van der Waals surface area contributed by atoms with Crippen LogP contribution in [0, 0.1) is 0 Å². The summed E-state index contributed by atoms with van der Waals surface area (Å²) in [4.78, 5) is 16.7. The van der Waals surface area contributed by atoms with Crippen LogP contribution < -0.4 is 25.4 Å². The van der Waals surface area contributed by atoms with Gasteiger partial charge in [-0.3, -0.25) is 4.79 Å². The van der Waals surface area contributed by atoms with Crippen molar-refractivity contribution in [3.05, 3.63) is 58.5 Å². The van der Waals surface area contributed by atoms with Gasteiger partial charge in [-0.25, -0.2) is 4.98 Å². The summed E-state index contributed by atoms with van der Waals surface area (Å²) in [5, 5.41) is 11.7. The van der Waals surface area contributed by atoms with Crippen LogP contribution in [0.3, 0.4) is 0 Å². The van der Waals surface area contributed by atoms with Gasteiger partial charge in [0.25, 0.3) is 0 Å². The molecule has 136 valence electrons. The van der Waals surface area contributed by atoms with Gasteiger partial charge in [-0.05, 0) is 35.9 Å². The number of fused-ring (bicyclic) bond motifs is 2. The molecule has 7 nitrogen and oxygen atoms in total. The lowest BCUT2D eigenvalue weighted by molar-refractivity contribution is -0.115. The molecule has 8 heteroatoms. The minimum absolute atomic E-state index is 0.0502. The zero-order chi connectivity index (χ0) is 18.2. The van der Waals surface area contributed by atoms with Crippen molar-refractivity contribution >= 4 is 34.3 Å². The van der Waals surface area contributed by atoms with E-state index < -0.39 is 0 Å². The maximum Gasteiger partial charge on any atom is 0.231 e. The fourth-order valence-electron chi connectivity index (χ4n) is 3.17. The van der Waals surface area contributed by atoms with Crippen molar-refractivity contribution in [2.45, 2.75) is 12.6 Å². The van der Waals surface area contributed by atoms with E-state index in [2.05, 4.69) is 20.9 Å². The molecule has 0 aliphatic carbocycles. The molecule has 1 unspecified atom stereocenters. The van der Waals surface area contributed by atoms with Gasteiger partial charge in [-0.15, -0.1) is 11.3 Å². The first kappa shape index (κ1) is 16.0. The highest BCUT2D eigenvalue weighted by atomic mass is 32.1. The number of carbonyl (C=O) groups is 1. The standard InChI is InChI=1S/C19H16N4O3S/c24-18(6-11-1-4-16-17(5-11)26-10-25-16)21-12-2-3-13-14(7-12)23-19(22-13)15-8-27-9-20-15/h1-5,7-9,19,22-23H,6,10H2,(H,21,24). The molecule has 0 spiro atoms. The van der Waals surface area contributed by atoms with Gasteiger partial charge in [0.1, 0.15) is 6.17 Å². The monoisotopic (exact) mass is 380 g/mol. The van der Waals surface area contributed by atoms with Crippen LogP contribution >= 0.6 is 11.3 Å². The maximum atomic E-state index is 12.4. The molecule has 5 rings (SSSR count). The largest absolute Gasteiger partial charge is 0.454 e. The van der Waals surface area contributed by atoms with E-state index >= 15 is 0 Å². The molecule has 1 atom stereocenters. The van der Waals surface area contributed by atoms with Crippen LogP contribution in [0.15, 0.2) is 47.3 Å². The Labute approximate surface area is 159 Å². The lowest BCUT2D eigenvalue weighted by Gasteiger charge is -2.08. The summed E-state index contributed by atoms with van der Waals surface area (Å²) in [6, 6.07) is 11.3. The van der Waals surface area contributed by atoms with Gasteiger partial charge >= 0.3 is 0 Å². The molecule has 0 bridgehead atoms. The molecule has 2 aliphatic rings. The third kappa shape index (κ3) is 3.15. The topological polar surface area (TPSA) is 84.5 Å². The summed E-state index contributed by atoms with van der Waals surface area (Å²) in [6.45, 7) is 0.225. The first-order valence-electron chi connectivity index (χ1n) is 8.48. The maximum absolute atomic E-state index is 12.4. The molecule has 1 aromatic heterocycles. The molecule has 27 heavy (non-hydrogen) atoms. The minimum atomic E-state index is -0.0872. The number of carbonyl (C=O) groups excluding carboxylic acids is 1. The minimum Gasteiger partial charge on any atom is -0.454 e. The number of hydrogen-bond acceptors (Lipinski definition) is 7. The highest BCUT2D eigenvalue weighted by molar-refractivity contribution is 7.07. The molecular weight excluding hydrogens is 364 g/mol. The fourth-order valence-corrected chi connectivity index (χ4v) is 3.75. The van der Waals surface area contributed by atoms with Crippen LogP contribution in [0.2, 0.25) is 0 Å². The van der Waals surface area contributed by atoms with Gasteiger partial charge in [-0.1, -0.05) is 6.07 Å². The lowest BCUT2D eigenvalue weighted by Crippen LogP contribution is -2.14. The van der Waals surface area contributed by atoms with Crippen LogP contribution in [0.25, 0.3) is 0 Å². The molecule has 3 N–H and O–H groups in total. The number of benzene rings is 2. The van der Waals surface area contributed by atoms with Crippen molar-refractivity contribution in [3.8, 4) is 11.5 Å². The molecule has 3 aromatic rings. The number of aromatic nitrogens is 1. The Morgan fingerprint density at radius 3 is 2.93 bits per heavy atom. The molecular formula is C19H16N4O3S. The van der Waals surface area contributed by atoms with E-state index in [1.807, 2.05) is 47.3 Å². The van der Waals surface area contributed by atoms with Crippen LogP contribution in [-0.4, -0.2) is 17.7 Å². The first-order chi connectivity index (χ1) is 13.2. The lowest BCUT2D eigenvalue weighted by atomic mass is 10.1. The Morgan fingerprint density at radius 1 is 1.15 bits per heavy atom. The van der Waals surface area contributed by atoms with Crippen LogP contribution in [0.4, 0.5) is 17.1 Å². The second-order valence-corrected chi connectivity index (χ2v) is 7.03. The molecule has 1 amide bonds. The summed E-state index contributed by atoms with van der Waals surface area (Å²) in [6.07, 6.45) is 0.215. The molecule has 0 saturated carbocycles. The number of nitrogens with zero attached hydrogens (tertiary/aromatic N) is 1. The summed E-state index contributed by atoms with van der Waals surface area (Å²) in [7, 11) is 0. The van der Waals surface area contributed by atoms with Crippen LogP contribution in [0.5, 0.6) is 11.5 Å². The second-order valence-electron chi connectivity index (χ2n) is 6.31. The van der Waals surface area contributed by atoms with E-state index in [4.69, 9.17) is 9.47 Å². The highest BCUT2D eigenvalue weighted by Crippen LogP contribution is 2.37. The number of nitrogens with one attached hydrogen (secondary N) is 3. The van der Waals surface area contributed by atoms with E-state index in [0.717, 1.165) is 28.3 Å². The van der Waals surface area contributed by atoms with Crippen molar-refractivity contribution in [2.24, 2.45) is 0 Å². The van der Waals surface area contributed by atoms with Crippen LogP contribution in [-0.2, 0) is 11.2 Å². The summed E-state index contributed by atoms with van der Waals surface area (Å²) >= 11 is 1.56. The third-order valence-corrected chi connectivity index (χ3v) is 5.06. The SMILES string of the molecule is O=C(Cc1ccc2c(c1)OCO2)Nc1ccc2c(c1)NC(c1cscn1)N2. The number of amides is 1. The Hall–Kier alpha value is -3.26.